The fraction of sp³-hybridized carbons (Fsp3) is 0.375. The first-order valence-corrected chi connectivity index (χ1v) is 10.3. The Balaban J connectivity index is 0.00000289. The molecule has 1 fully saturated rings. The van der Waals surface area contributed by atoms with Crippen LogP contribution in [-0.2, 0) is 4.74 Å². The molecule has 0 saturated carbocycles. The summed E-state index contributed by atoms with van der Waals surface area (Å²) in [5.41, 5.74) is 6.61. The molecule has 3 aromatic rings. The second-order valence-corrected chi connectivity index (χ2v) is 7.28. The van der Waals surface area contributed by atoms with E-state index in [1.807, 2.05) is 6.07 Å². The lowest BCUT2D eigenvalue weighted by molar-refractivity contribution is 0.0357. The fourth-order valence-electron chi connectivity index (χ4n) is 3.50. The Hall–Kier alpha value is -3.10. The highest BCUT2D eigenvalue weighted by Gasteiger charge is 2.14. The third kappa shape index (κ3) is 5.57. The number of halogens is 1. The summed E-state index contributed by atoms with van der Waals surface area (Å²) in [7, 11) is 1.58. The number of hydrogen-bond acceptors (Lipinski definition) is 7. The molecule has 1 aliphatic rings. The number of benzene rings is 2. The van der Waals surface area contributed by atoms with Gasteiger partial charge in [-0.05, 0) is 30.7 Å². The van der Waals surface area contributed by atoms with Gasteiger partial charge in [-0.1, -0.05) is 7.43 Å². The van der Waals surface area contributed by atoms with Gasteiger partial charge in [0.05, 0.1) is 32.4 Å². The second kappa shape index (κ2) is 11.0. The number of morpholine rings is 1. The first-order chi connectivity index (χ1) is 15.1. The van der Waals surface area contributed by atoms with Crippen molar-refractivity contribution in [1.29, 1.82) is 0 Å². The average Bonchev–Trinajstić information content (AvgIpc) is 2.79. The lowest BCUT2D eigenvalue weighted by atomic mass is 10.1. The minimum atomic E-state index is -0.530. The smallest absolute Gasteiger partial charge is 0.167 e. The highest BCUT2D eigenvalue weighted by Crippen LogP contribution is 2.37. The van der Waals surface area contributed by atoms with Gasteiger partial charge in [0, 0.05) is 49.0 Å². The Morgan fingerprint density at radius 2 is 1.88 bits per heavy atom. The minimum Gasteiger partial charge on any atom is -0.493 e. The summed E-state index contributed by atoms with van der Waals surface area (Å²) < 4.78 is 36.8. The van der Waals surface area contributed by atoms with Crippen LogP contribution in [0.1, 0.15) is 13.8 Å². The van der Waals surface area contributed by atoms with E-state index in [2.05, 4.69) is 9.88 Å². The Morgan fingerprint density at radius 3 is 2.62 bits per heavy atom. The number of nitrogen functional groups attached to an aromatic ring is 1. The number of anilines is 1. The van der Waals surface area contributed by atoms with Gasteiger partial charge in [-0.3, -0.25) is 9.88 Å². The van der Waals surface area contributed by atoms with Crippen molar-refractivity contribution in [2.24, 2.45) is 0 Å². The molecular weight excluding hydrogens is 413 g/mol. The summed E-state index contributed by atoms with van der Waals surface area (Å²) in [6, 6.07) is 9.60. The van der Waals surface area contributed by atoms with E-state index < -0.39 is 5.82 Å². The lowest BCUT2D eigenvalue weighted by Crippen LogP contribution is -2.37. The SMILES string of the molecule is C.COc1cc2c(Oc3ccc(N)cc3F)ccnc2cc1OCCCN1CCOCC1. The summed E-state index contributed by atoms with van der Waals surface area (Å²) in [6.45, 7) is 5.02. The van der Waals surface area contributed by atoms with Crippen LogP contribution >= 0.6 is 0 Å². The van der Waals surface area contributed by atoms with E-state index in [-0.39, 0.29) is 13.2 Å². The van der Waals surface area contributed by atoms with Crippen molar-refractivity contribution in [3.05, 3.63) is 48.4 Å². The number of ether oxygens (including phenoxy) is 4. The van der Waals surface area contributed by atoms with E-state index in [9.17, 15) is 4.39 Å². The van der Waals surface area contributed by atoms with Crippen molar-refractivity contribution in [3.63, 3.8) is 0 Å². The molecule has 32 heavy (non-hydrogen) atoms. The number of nitrogens with two attached hydrogens (primary N) is 1. The maximum Gasteiger partial charge on any atom is 0.167 e. The molecule has 1 saturated heterocycles. The van der Waals surface area contributed by atoms with Crippen LogP contribution in [0, 0.1) is 5.82 Å². The molecule has 0 unspecified atom stereocenters. The molecule has 2 heterocycles. The molecule has 0 atom stereocenters. The molecule has 1 aromatic heterocycles. The third-order valence-corrected chi connectivity index (χ3v) is 5.14. The van der Waals surface area contributed by atoms with Crippen LogP contribution in [-0.4, -0.2) is 56.4 Å². The van der Waals surface area contributed by atoms with Crippen molar-refractivity contribution >= 4 is 16.6 Å². The van der Waals surface area contributed by atoms with Crippen molar-refractivity contribution in [2.45, 2.75) is 13.8 Å². The lowest BCUT2D eigenvalue weighted by Gasteiger charge is -2.26. The monoisotopic (exact) mass is 443 g/mol. The molecule has 172 valence electrons. The van der Waals surface area contributed by atoms with E-state index >= 15 is 0 Å². The molecular formula is C24H30FN3O4. The van der Waals surface area contributed by atoms with Gasteiger partial charge in [-0.2, -0.15) is 0 Å². The number of methoxy groups -OCH3 is 1. The Morgan fingerprint density at radius 1 is 1.06 bits per heavy atom. The molecule has 0 amide bonds. The summed E-state index contributed by atoms with van der Waals surface area (Å²) in [5.74, 6) is 1.20. The maximum atomic E-state index is 14.2. The first kappa shape index (κ1) is 23.6. The van der Waals surface area contributed by atoms with Crippen molar-refractivity contribution in [2.75, 3.05) is 52.3 Å². The van der Waals surface area contributed by atoms with Crippen LogP contribution in [0.4, 0.5) is 10.1 Å². The molecule has 8 heteroatoms. The predicted molar refractivity (Wildman–Crippen MR) is 123 cm³/mol. The van der Waals surface area contributed by atoms with Gasteiger partial charge in [0.2, 0.25) is 0 Å². The number of pyridine rings is 1. The minimum absolute atomic E-state index is 0. The Bertz CT molecular complexity index is 1040. The van der Waals surface area contributed by atoms with Gasteiger partial charge in [-0.25, -0.2) is 4.39 Å². The Kier molecular flexibility index (Phi) is 8.08. The number of aromatic nitrogens is 1. The molecule has 7 nitrogen and oxygen atoms in total. The van der Waals surface area contributed by atoms with Crippen LogP contribution in [0.25, 0.3) is 10.9 Å². The molecule has 4 rings (SSSR count). The predicted octanol–water partition coefficient (Wildman–Crippen LogP) is 4.49. The molecule has 0 bridgehead atoms. The van der Waals surface area contributed by atoms with E-state index in [1.165, 1.54) is 12.1 Å². The topological polar surface area (TPSA) is 79.1 Å². The van der Waals surface area contributed by atoms with Gasteiger partial charge in [0.1, 0.15) is 5.75 Å². The molecule has 2 aromatic carbocycles. The van der Waals surface area contributed by atoms with Gasteiger partial charge in [-0.15, -0.1) is 0 Å². The van der Waals surface area contributed by atoms with Gasteiger partial charge >= 0.3 is 0 Å². The summed E-state index contributed by atoms with van der Waals surface area (Å²) in [4.78, 5) is 6.77. The zero-order valence-corrected chi connectivity index (χ0v) is 17.5. The van der Waals surface area contributed by atoms with Crippen LogP contribution in [0.15, 0.2) is 42.6 Å². The largest absolute Gasteiger partial charge is 0.493 e. The molecule has 2 N–H and O–H groups in total. The quantitative estimate of drug-likeness (QED) is 0.406. The van der Waals surface area contributed by atoms with Gasteiger partial charge in [0.25, 0.3) is 0 Å². The zero-order valence-electron chi connectivity index (χ0n) is 17.5. The Labute approximate surface area is 187 Å². The second-order valence-electron chi connectivity index (χ2n) is 7.28. The highest BCUT2D eigenvalue weighted by molar-refractivity contribution is 5.88. The molecule has 0 radical (unpaired) electrons. The summed E-state index contributed by atoms with van der Waals surface area (Å²) >= 11 is 0. The van der Waals surface area contributed by atoms with Crippen LogP contribution in [0.2, 0.25) is 0 Å². The zero-order chi connectivity index (χ0) is 21.6. The molecule has 1 aliphatic heterocycles. The van der Waals surface area contributed by atoms with E-state index in [0.29, 0.717) is 40.4 Å². The average molecular weight is 444 g/mol. The molecule has 0 aliphatic carbocycles. The van der Waals surface area contributed by atoms with Crippen LogP contribution in [0.5, 0.6) is 23.0 Å². The van der Waals surface area contributed by atoms with E-state index in [0.717, 1.165) is 39.3 Å². The van der Waals surface area contributed by atoms with E-state index in [4.69, 9.17) is 24.7 Å². The number of nitrogens with zero attached hydrogens (tertiary/aromatic N) is 2. The third-order valence-electron chi connectivity index (χ3n) is 5.14. The van der Waals surface area contributed by atoms with E-state index in [1.54, 1.807) is 31.5 Å². The van der Waals surface area contributed by atoms with Gasteiger partial charge in [0.15, 0.2) is 23.1 Å². The number of hydrogen-bond donors (Lipinski definition) is 1. The first-order valence-electron chi connectivity index (χ1n) is 10.3. The summed E-state index contributed by atoms with van der Waals surface area (Å²) in [5, 5.41) is 0.691. The summed E-state index contributed by atoms with van der Waals surface area (Å²) in [6.07, 6.45) is 2.51. The van der Waals surface area contributed by atoms with Crippen molar-refractivity contribution < 1.29 is 23.3 Å². The number of rotatable bonds is 8. The highest BCUT2D eigenvalue weighted by atomic mass is 19.1. The molecule has 0 spiro atoms. The maximum absolute atomic E-state index is 14.2. The van der Waals surface area contributed by atoms with Crippen molar-refractivity contribution in [3.8, 4) is 23.0 Å². The normalized spacial score (nSPS) is 14.1. The number of fused-ring (bicyclic) bond motifs is 1. The fourth-order valence-corrected chi connectivity index (χ4v) is 3.50. The van der Waals surface area contributed by atoms with Crippen LogP contribution < -0.4 is 19.9 Å². The van der Waals surface area contributed by atoms with Crippen molar-refractivity contribution in [1.82, 2.24) is 9.88 Å². The standard InChI is InChI=1S/C23H26FN3O4.CH4/c1-28-22-14-17-19(15-23(22)30-10-2-7-27-8-11-29-12-9-27)26-6-5-20(17)31-21-4-3-16(25)13-18(21)24;/h3-6,13-15H,2,7-12,25H2,1H3;1H4. The van der Waals surface area contributed by atoms with Crippen LogP contribution in [0.3, 0.4) is 0 Å². The van der Waals surface area contributed by atoms with Gasteiger partial charge < -0.3 is 24.7 Å².